The van der Waals surface area contributed by atoms with Crippen molar-refractivity contribution in [2.24, 2.45) is 0 Å². The Morgan fingerprint density at radius 1 is 1.10 bits per heavy atom. The summed E-state index contributed by atoms with van der Waals surface area (Å²) in [5, 5.41) is 10.8. The van der Waals surface area contributed by atoms with Gasteiger partial charge >= 0.3 is 0 Å². The van der Waals surface area contributed by atoms with Crippen molar-refractivity contribution in [3.05, 3.63) is 59.4 Å². The number of hydrogen-bond donors (Lipinski definition) is 2. The van der Waals surface area contributed by atoms with Crippen LogP contribution >= 0.6 is 23.7 Å². The normalized spacial score (nSPS) is 10.1. The van der Waals surface area contributed by atoms with Crippen LogP contribution in [-0.4, -0.2) is 10.5 Å². The molecule has 0 unspecified atom stereocenters. The second kappa shape index (κ2) is 6.56. The topological polar surface area (TPSA) is 57.9 Å². The molecule has 4 nitrogen and oxygen atoms in total. The molecule has 0 aliphatic carbocycles. The predicted octanol–water partition coefficient (Wildman–Crippen LogP) is 3.24. The van der Waals surface area contributed by atoms with Crippen molar-refractivity contribution in [3.8, 4) is 0 Å². The van der Waals surface area contributed by atoms with E-state index in [-0.39, 0.29) is 24.9 Å². The van der Waals surface area contributed by atoms with Crippen LogP contribution in [0.1, 0.15) is 0 Å². The summed E-state index contributed by atoms with van der Waals surface area (Å²) < 4.78 is 2.74. The number of halogens is 1. The second-order valence-corrected chi connectivity index (χ2v) is 5.41. The van der Waals surface area contributed by atoms with E-state index in [9.17, 15) is 4.79 Å². The lowest BCUT2D eigenvalue weighted by molar-refractivity contribution is -0.116. The molecule has 0 saturated carbocycles. The van der Waals surface area contributed by atoms with Crippen LogP contribution in [0.2, 0.25) is 0 Å². The molecule has 3 rings (SSSR count). The van der Waals surface area contributed by atoms with Crippen LogP contribution in [0.3, 0.4) is 0 Å². The number of benzene rings is 2. The SMILES string of the molecule is Cl.N=c1sc2ccccc2n1CC(=O)Nc1ccccc1. The first-order chi connectivity index (χ1) is 9.74. The number of nitrogens with zero attached hydrogens (tertiary/aromatic N) is 1. The van der Waals surface area contributed by atoms with E-state index in [0.717, 1.165) is 15.9 Å². The number of amides is 1. The minimum absolute atomic E-state index is 0. The van der Waals surface area contributed by atoms with Gasteiger partial charge in [-0.05, 0) is 24.3 Å². The third-order valence-electron chi connectivity index (χ3n) is 2.97. The van der Waals surface area contributed by atoms with Gasteiger partial charge in [0.25, 0.3) is 0 Å². The lowest BCUT2D eigenvalue weighted by atomic mass is 10.3. The Labute approximate surface area is 132 Å². The summed E-state index contributed by atoms with van der Waals surface area (Å²) in [6.45, 7) is 0.151. The Morgan fingerprint density at radius 2 is 1.76 bits per heavy atom. The lowest BCUT2D eigenvalue weighted by Gasteiger charge is -2.06. The van der Waals surface area contributed by atoms with E-state index in [0.29, 0.717) is 4.80 Å². The number of carbonyl (C=O) groups excluding carboxylic acids is 1. The molecule has 0 fully saturated rings. The fourth-order valence-electron chi connectivity index (χ4n) is 2.06. The molecule has 1 heterocycles. The molecule has 108 valence electrons. The minimum atomic E-state index is -0.127. The summed E-state index contributed by atoms with van der Waals surface area (Å²) in [5.74, 6) is -0.127. The molecule has 1 amide bonds. The smallest absolute Gasteiger partial charge is 0.244 e. The van der Waals surface area contributed by atoms with Gasteiger partial charge in [0.05, 0.1) is 10.2 Å². The highest BCUT2D eigenvalue weighted by molar-refractivity contribution is 7.16. The third kappa shape index (κ3) is 3.32. The molecule has 21 heavy (non-hydrogen) atoms. The zero-order valence-corrected chi connectivity index (χ0v) is 12.7. The molecule has 2 N–H and O–H groups in total. The first-order valence-electron chi connectivity index (χ1n) is 6.22. The van der Waals surface area contributed by atoms with Crippen LogP contribution in [0.4, 0.5) is 5.69 Å². The van der Waals surface area contributed by atoms with Crippen molar-refractivity contribution < 1.29 is 4.79 Å². The maximum atomic E-state index is 12.1. The van der Waals surface area contributed by atoms with Crippen molar-refractivity contribution in [1.82, 2.24) is 4.57 Å². The van der Waals surface area contributed by atoms with E-state index in [1.807, 2.05) is 54.6 Å². The van der Waals surface area contributed by atoms with Gasteiger partial charge in [0.2, 0.25) is 5.91 Å². The standard InChI is InChI=1S/C15H13N3OS.ClH/c16-15-18(12-8-4-5-9-13(12)20-15)10-14(19)17-11-6-2-1-3-7-11;/h1-9,16H,10H2,(H,17,19);1H. The van der Waals surface area contributed by atoms with Crippen LogP contribution < -0.4 is 10.1 Å². The van der Waals surface area contributed by atoms with E-state index in [2.05, 4.69) is 5.32 Å². The molecule has 0 saturated heterocycles. The highest BCUT2D eigenvalue weighted by Crippen LogP contribution is 2.16. The van der Waals surface area contributed by atoms with E-state index in [4.69, 9.17) is 5.41 Å². The van der Waals surface area contributed by atoms with Gasteiger partial charge in [-0.2, -0.15) is 0 Å². The number of aromatic nitrogens is 1. The number of thiazole rings is 1. The van der Waals surface area contributed by atoms with Gasteiger partial charge in [0, 0.05) is 5.69 Å². The summed E-state index contributed by atoms with van der Waals surface area (Å²) >= 11 is 1.38. The van der Waals surface area contributed by atoms with Crippen molar-refractivity contribution >= 4 is 45.6 Å². The number of hydrogen-bond acceptors (Lipinski definition) is 3. The maximum absolute atomic E-state index is 12.1. The zero-order chi connectivity index (χ0) is 13.9. The molecule has 2 aromatic carbocycles. The lowest BCUT2D eigenvalue weighted by Crippen LogP contribution is -2.24. The highest BCUT2D eigenvalue weighted by Gasteiger charge is 2.09. The molecule has 6 heteroatoms. The summed E-state index contributed by atoms with van der Waals surface area (Å²) in [6.07, 6.45) is 0. The first-order valence-corrected chi connectivity index (χ1v) is 7.03. The van der Waals surface area contributed by atoms with Gasteiger partial charge in [-0.3, -0.25) is 10.2 Å². The predicted molar refractivity (Wildman–Crippen MR) is 88.0 cm³/mol. The maximum Gasteiger partial charge on any atom is 0.244 e. The zero-order valence-electron chi connectivity index (χ0n) is 11.1. The summed E-state index contributed by atoms with van der Waals surface area (Å²) in [4.78, 5) is 12.4. The summed E-state index contributed by atoms with van der Waals surface area (Å²) in [6, 6.07) is 17.1. The molecule has 0 atom stereocenters. The van der Waals surface area contributed by atoms with E-state index < -0.39 is 0 Å². The molecule has 0 aliphatic rings. The molecule has 3 aromatic rings. The van der Waals surface area contributed by atoms with E-state index in [1.54, 1.807) is 4.57 Å². The molecule has 0 radical (unpaired) electrons. The highest BCUT2D eigenvalue weighted by atomic mass is 35.5. The van der Waals surface area contributed by atoms with Crippen molar-refractivity contribution in [3.63, 3.8) is 0 Å². The van der Waals surface area contributed by atoms with Crippen molar-refractivity contribution in [2.45, 2.75) is 6.54 Å². The Balaban J connectivity index is 0.00000161. The summed E-state index contributed by atoms with van der Waals surface area (Å²) in [7, 11) is 0. The van der Waals surface area contributed by atoms with Crippen LogP contribution in [-0.2, 0) is 11.3 Å². The number of rotatable bonds is 3. The minimum Gasteiger partial charge on any atom is -0.325 e. The Morgan fingerprint density at radius 3 is 2.52 bits per heavy atom. The average Bonchev–Trinajstić information content (AvgIpc) is 2.76. The van der Waals surface area contributed by atoms with Gasteiger partial charge in [-0.1, -0.05) is 41.7 Å². The van der Waals surface area contributed by atoms with Crippen molar-refractivity contribution in [2.75, 3.05) is 5.32 Å². The number of carbonyl (C=O) groups is 1. The molecule has 1 aromatic heterocycles. The van der Waals surface area contributed by atoms with Gasteiger partial charge in [-0.15, -0.1) is 12.4 Å². The van der Waals surface area contributed by atoms with Crippen LogP contribution in [0, 0.1) is 5.41 Å². The van der Waals surface area contributed by atoms with Gasteiger partial charge in [0.1, 0.15) is 6.54 Å². The molecule has 0 spiro atoms. The van der Waals surface area contributed by atoms with Gasteiger partial charge in [-0.25, -0.2) is 0 Å². The number of anilines is 1. The number of para-hydroxylation sites is 2. The van der Waals surface area contributed by atoms with Gasteiger partial charge in [0.15, 0.2) is 4.80 Å². The molecule has 0 bridgehead atoms. The fraction of sp³-hybridized carbons (Fsp3) is 0.0667. The number of nitrogens with one attached hydrogen (secondary N) is 2. The number of fused-ring (bicyclic) bond motifs is 1. The van der Waals surface area contributed by atoms with Crippen molar-refractivity contribution in [1.29, 1.82) is 5.41 Å². The van der Waals surface area contributed by atoms with E-state index in [1.165, 1.54) is 11.3 Å². The van der Waals surface area contributed by atoms with Gasteiger partial charge < -0.3 is 9.88 Å². The third-order valence-corrected chi connectivity index (χ3v) is 3.95. The second-order valence-electron chi connectivity index (χ2n) is 4.38. The van der Waals surface area contributed by atoms with Crippen LogP contribution in [0.5, 0.6) is 0 Å². The largest absolute Gasteiger partial charge is 0.325 e. The van der Waals surface area contributed by atoms with Crippen LogP contribution in [0.25, 0.3) is 10.2 Å². The molecule has 0 aliphatic heterocycles. The Kier molecular flexibility index (Phi) is 4.77. The average molecular weight is 320 g/mol. The molecular formula is C15H14ClN3OS. The van der Waals surface area contributed by atoms with Crippen LogP contribution in [0.15, 0.2) is 54.6 Å². The molecular weight excluding hydrogens is 306 g/mol. The Hall–Kier alpha value is -2.11. The summed E-state index contributed by atoms with van der Waals surface area (Å²) in [5.41, 5.74) is 1.69. The van der Waals surface area contributed by atoms with E-state index >= 15 is 0 Å². The quantitative estimate of drug-likeness (QED) is 0.765. The first kappa shape index (κ1) is 15.3. The monoisotopic (exact) mass is 319 g/mol. The Bertz CT molecular complexity index is 810. The fourth-order valence-corrected chi connectivity index (χ4v) is 2.97.